The van der Waals surface area contributed by atoms with Gasteiger partial charge in [0.25, 0.3) is 5.91 Å². The maximum atomic E-state index is 13.3. The highest BCUT2D eigenvalue weighted by Crippen LogP contribution is 2.37. The number of aryl methyl sites for hydroxylation is 1. The van der Waals surface area contributed by atoms with Crippen LogP contribution in [0.4, 0.5) is 17.2 Å². The molecule has 0 spiro atoms. The molecule has 1 amide bonds. The Hall–Kier alpha value is -4.43. The van der Waals surface area contributed by atoms with Gasteiger partial charge >= 0.3 is 0 Å². The second-order valence-corrected chi connectivity index (χ2v) is 11.2. The highest BCUT2D eigenvalue weighted by atomic mass is 32.2. The van der Waals surface area contributed by atoms with Crippen LogP contribution < -0.4 is 16.4 Å². The highest BCUT2D eigenvalue weighted by molar-refractivity contribution is 7.99. The van der Waals surface area contributed by atoms with Crippen molar-refractivity contribution in [3.8, 4) is 0 Å². The lowest BCUT2D eigenvalue weighted by Gasteiger charge is -2.17. The van der Waals surface area contributed by atoms with E-state index < -0.39 is 0 Å². The molecule has 7 nitrogen and oxygen atoms in total. The Morgan fingerprint density at radius 2 is 1.65 bits per heavy atom. The molecule has 0 saturated heterocycles. The van der Waals surface area contributed by atoms with Crippen LogP contribution >= 0.6 is 11.8 Å². The summed E-state index contributed by atoms with van der Waals surface area (Å²) in [5.41, 5.74) is 11.7. The van der Waals surface area contributed by atoms with Gasteiger partial charge in [-0.1, -0.05) is 55.4 Å². The molecule has 3 aromatic carbocycles. The first kappa shape index (κ1) is 27.1. The maximum Gasteiger partial charge on any atom is 0.251 e. The fourth-order valence-corrected chi connectivity index (χ4v) is 5.13. The maximum absolute atomic E-state index is 13.3. The number of carbonyl (C=O) groups is 1. The summed E-state index contributed by atoms with van der Waals surface area (Å²) in [7, 11) is 0. The van der Waals surface area contributed by atoms with E-state index in [1.165, 1.54) is 11.9 Å². The summed E-state index contributed by atoms with van der Waals surface area (Å²) in [6.45, 7) is 8.24. The first-order chi connectivity index (χ1) is 19.3. The van der Waals surface area contributed by atoms with Gasteiger partial charge in [-0.15, -0.1) is 0 Å². The van der Waals surface area contributed by atoms with Gasteiger partial charge < -0.3 is 16.4 Å². The van der Waals surface area contributed by atoms with Crippen molar-refractivity contribution in [2.24, 2.45) is 0 Å². The van der Waals surface area contributed by atoms with Crippen LogP contribution in [-0.2, 0) is 0 Å². The van der Waals surface area contributed by atoms with Gasteiger partial charge in [0.2, 0.25) is 0 Å². The molecule has 1 unspecified atom stereocenters. The minimum absolute atomic E-state index is 0.139. The molecule has 1 atom stereocenters. The highest BCUT2D eigenvalue weighted by Gasteiger charge is 2.16. The van der Waals surface area contributed by atoms with Crippen molar-refractivity contribution in [3.05, 3.63) is 108 Å². The van der Waals surface area contributed by atoms with Crippen molar-refractivity contribution in [2.75, 3.05) is 11.1 Å². The summed E-state index contributed by atoms with van der Waals surface area (Å²) >= 11 is 1.58. The molecule has 40 heavy (non-hydrogen) atoms. The van der Waals surface area contributed by atoms with Gasteiger partial charge in [-0.25, -0.2) is 15.0 Å². The normalized spacial score (nSPS) is 11.9. The molecule has 2 aromatic heterocycles. The van der Waals surface area contributed by atoms with Crippen molar-refractivity contribution < 1.29 is 4.79 Å². The SMILES string of the molecule is Cc1ccc(C(C)NC(=O)c2ccc(Sc3ccc(N)cc3)c(Nc3ncnc4nc(C(C)C)ccc34)c2)cc1. The Balaban J connectivity index is 1.48. The van der Waals surface area contributed by atoms with Crippen molar-refractivity contribution in [3.63, 3.8) is 0 Å². The van der Waals surface area contributed by atoms with Crippen LogP contribution in [-0.4, -0.2) is 20.9 Å². The molecule has 0 fully saturated rings. The molecule has 0 bridgehead atoms. The molecular weight excluding hydrogens is 516 g/mol. The Bertz CT molecular complexity index is 1650. The molecular formula is C32H32N6OS. The number of nitrogen functional groups attached to an aromatic ring is 1. The van der Waals surface area contributed by atoms with Crippen LogP contribution in [0, 0.1) is 6.92 Å². The summed E-state index contributed by atoms with van der Waals surface area (Å²) in [5, 5.41) is 7.39. The quantitative estimate of drug-likeness (QED) is 0.173. The minimum atomic E-state index is -0.157. The van der Waals surface area contributed by atoms with E-state index in [0.717, 1.165) is 32.1 Å². The van der Waals surface area contributed by atoms with Crippen molar-refractivity contribution in [1.82, 2.24) is 20.3 Å². The third kappa shape index (κ3) is 6.24. The second kappa shape index (κ2) is 11.8. The average molecular weight is 549 g/mol. The number of carbonyl (C=O) groups excluding carboxylic acids is 1. The van der Waals surface area contributed by atoms with Gasteiger partial charge in [-0.05, 0) is 79.9 Å². The summed E-state index contributed by atoms with van der Waals surface area (Å²) < 4.78 is 0. The zero-order valence-corrected chi connectivity index (χ0v) is 23.8. The number of pyridine rings is 1. The topological polar surface area (TPSA) is 106 Å². The Morgan fingerprint density at radius 3 is 2.38 bits per heavy atom. The van der Waals surface area contributed by atoms with E-state index >= 15 is 0 Å². The standard InChI is InChI=1S/C32H32N6OS/c1-19(2)27-15-14-26-30(37-27)34-18-35-31(26)38-28-17-23(9-16-29(28)40-25-12-10-24(33)11-13-25)32(39)36-21(4)22-7-5-20(3)6-8-22/h5-19,21H,33H2,1-4H3,(H,36,39)(H,34,35,37,38). The lowest BCUT2D eigenvalue weighted by atomic mass is 10.1. The van der Waals surface area contributed by atoms with E-state index in [0.29, 0.717) is 22.7 Å². The van der Waals surface area contributed by atoms with Crippen LogP contribution in [0.15, 0.2) is 95.0 Å². The van der Waals surface area contributed by atoms with Crippen molar-refractivity contribution in [1.29, 1.82) is 0 Å². The summed E-state index contributed by atoms with van der Waals surface area (Å²) in [6, 6.07) is 25.4. The second-order valence-electron chi connectivity index (χ2n) is 10.1. The van der Waals surface area contributed by atoms with E-state index in [4.69, 9.17) is 10.7 Å². The number of nitrogens with two attached hydrogens (primary N) is 1. The van der Waals surface area contributed by atoms with Crippen LogP contribution in [0.3, 0.4) is 0 Å². The molecule has 8 heteroatoms. The van der Waals surface area contributed by atoms with Gasteiger partial charge in [0.1, 0.15) is 12.1 Å². The molecule has 4 N–H and O–H groups in total. The molecule has 5 aromatic rings. The molecule has 0 radical (unpaired) electrons. The summed E-state index contributed by atoms with van der Waals surface area (Å²) in [6.07, 6.45) is 1.51. The fourth-order valence-electron chi connectivity index (χ4n) is 4.25. The molecule has 0 aliphatic rings. The third-order valence-corrected chi connectivity index (χ3v) is 7.72. The van der Waals surface area contributed by atoms with Crippen LogP contribution in [0.2, 0.25) is 0 Å². The number of hydrogen-bond acceptors (Lipinski definition) is 7. The predicted octanol–water partition coefficient (Wildman–Crippen LogP) is 7.42. The number of aromatic nitrogens is 3. The number of benzene rings is 3. The fraction of sp³-hybridized carbons (Fsp3) is 0.188. The predicted molar refractivity (Wildman–Crippen MR) is 163 cm³/mol. The number of nitrogens with one attached hydrogen (secondary N) is 2. The van der Waals surface area contributed by atoms with Gasteiger partial charge in [-0.3, -0.25) is 4.79 Å². The van der Waals surface area contributed by atoms with E-state index in [9.17, 15) is 4.79 Å². The van der Waals surface area contributed by atoms with E-state index in [-0.39, 0.29) is 17.9 Å². The molecule has 202 valence electrons. The zero-order chi connectivity index (χ0) is 28.2. The first-order valence-corrected chi connectivity index (χ1v) is 14.0. The Labute approximate surface area is 238 Å². The number of rotatable bonds is 8. The van der Waals surface area contributed by atoms with Crippen LogP contribution in [0.1, 0.15) is 59.9 Å². The number of nitrogens with zero attached hydrogens (tertiary/aromatic N) is 3. The first-order valence-electron chi connectivity index (χ1n) is 13.2. The number of anilines is 3. The number of hydrogen-bond donors (Lipinski definition) is 3. The molecule has 2 heterocycles. The molecule has 5 rings (SSSR count). The Kier molecular flexibility index (Phi) is 7.98. The average Bonchev–Trinajstić information content (AvgIpc) is 2.95. The van der Waals surface area contributed by atoms with Gasteiger partial charge in [0, 0.05) is 26.7 Å². The van der Waals surface area contributed by atoms with Crippen LogP contribution in [0.25, 0.3) is 11.0 Å². The summed E-state index contributed by atoms with van der Waals surface area (Å²) in [5.74, 6) is 0.754. The van der Waals surface area contributed by atoms with Crippen molar-refractivity contribution >= 4 is 45.9 Å². The largest absolute Gasteiger partial charge is 0.399 e. The number of amides is 1. The van der Waals surface area contributed by atoms with Crippen molar-refractivity contribution in [2.45, 2.75) is 49.4 Å². The Morgan fingerprint density at radius 1 is 0.900 bits per heavy atom. The summed E-state index contributed by atoms with van der Waals surface area (Å²) in [4.78, 5) is 28.9. The minimum Gasteiger partial charge on any atom is -0.399 e. The van der Waals surface area contributed by atoms with E-state index in [2.05, 4.69) is 34.4 Å². The molecule has 0 saturated carbocycles. The monoisotopic (exact) mass is 548 g/mol. The number of fused-ring (bicyclic) bond motifs is 1. The zero-order valence-electron chi connectivity index (χ0n) is 23.0. The lowest BCUT2D eigenvalue weighted by molar-refractivity contribution is 0.0940. The molecule has 0 aliphatic carbocycles. The van der Waals surface area contributed by atoms with Crippen LogP contribution in [0.5, 0.6) is 0 Å². The van der Waals surface area contributed by atoms with Gasteiger partial charge in [0.15, 0.2) is 5.65 Å². The van der Waals surface area contributed by atoms with E-state index in [1.54, 1.807) is 11.8 Å². The van der Waals surface area contributed by atoms with Gasteiger partial charge in [0.05, 0.1) is 17.1 Å². The lowest BCUT2D eigenvalue weighted by Crippen LogP contribution is -2.26. The van der Waals surface area contributed by atoms with Gasteiger partial charge in [-0.2, -0.15) is 0 Å². The smallest absolute Gasteiger partial charge is 0.251 e. The molecule has 0 aliphatic heterocycles. The van der Waals surface area contributed by atoms with E-state index in [1.807, 2.05) is 92.7 Å². The third-order valence-electron chi connectivity index (χ3n) is 6.64.